The number of rotatable bonds is 3. The van der Waals surface area contributed by atoms with Crippen molar-refractivity contribution in [3.63, 3.8) is 0 Å². The van der Waals surface area contributed by atoms with E-state index in [9.17, 15) is 4.79 Å². The van der Waals surface area contributed by atoms with Gasteiger partial charge in [0.2, 0.25) is 5.76 Å². The topological polar surface area (TPSA) is 89.8 Å². The fourth-order valence-corrected chi connectivity index (χ4v) is 0.845. The van der Waals surface area contributed by atoms with Crippen molar-refractivity contribution in [3.8, 4) is 0 Å². The first kappa shape index (κ1) is 11.2. The number of thiocarbonyl (C=S) groups is 1. The Kier molecular flexibility index (Phi) is 3.81. The Morgan fingerprint density at radius 3 is 3.07 bits per heavy atom. The van der Waals surface area contributed by atoms with Crippen LogP contribution >= 0.6 is 12.2 Å². The van der Waals surface area contributed by atoms with Crippen molar-refractivity contribution >= 4 is 29.5 Å². The van der Waals surface area contributed by atoms with Crippen LogP contribution in [0, 0.1) is 0 Å². The number of carbonyl (C=O) groups is 1. The van der Waals surface area contributed by atoms with E-state index in [0.29, 0.717) is 5.76 Å². The predicted molar refractivity (Wildman–Crippen MR) is 57.6 cm³/mol. The Balaban J connectivity index is 2.64. The first-order chi connectivity index (χ1) is 7.13. The minimum Gasteiger partial charge on any atom is -0.463 e. The number of nitrogens with two attached hydrogens (primary N) is 1. The number of nitrogens with one attached hydrogen (secondary N) is 1. The van der Waals surface area contributed by atoms with Gasteiger partial charge in [-0.25, -0.2) is 4.79 Å². The van der Waals surface area contributed by atoms with Crippen LogP contribution in [0.25, 0.3) is 0 Å². The Labute approximate surface area is 91.1 Å². The maximum absolute atomic E-state index is 11.0. The average molecular weight is 227 g/mol. The zero-order valence-corrected chi connectivity index (χ0v) is 8.71. The van der Waals surface area contributed by atoms with Gasteiger partial charge >= 0.3 is 5.97 Å². The Hall–Kier alpha value is -1.89. The minimum absolute atomic E-state index is 0.0472. The predicted octanol–water partition coefficient (Wildman–Crippen LogP) is 0.233. The Bertz CT molecular complexity index is 400. The molecule has 0 amide bonds. The third-order valence-corrected chi connectivity index (χ3v) is 1.47. The van der Waals surface area contributed by atoms with Crippen LogP contribution in [0.5, 0.6) is 0 Å². The van der Waals surface area contributed by atoms with E-state index in [1.54, 1.807) is 6.07 Å². The standard InChI is InChI=1S/C8H9N3O3S/c1-13-7(12)6-3-2-5(14-6)4-10-11-8(9)15/h2-4H,1H3,(H3,9,11,15). The van der Waals surface area contributed by atoms with Gasteiger partial charge in [-0.2, -0.15) is 5.10 Å². The second-order valence-corrected chi connectivity index (χ2v) is 2.87. The van der Waals surface area contributed by atoms with E-state index in [1.165, 1.54) is 19.4 Å². The molecule has 6 nitrogen and oxygen atoms in total. The van der Waals surface area contributed by atoms with Gasteiger partial charge in [-0.1, -0.05) is 0 Å². The van der Waals surface area contributed by atoms with Gasteiger partial charge in [0.25, 0.3) is 0 Å². The summed E-state index contributed by atoms with van der Waals surface area (Å²) in [6.07, 6.45) is 1.34. The maximum Gasteiger partial charge on any atom is 0.373 e. The summed E-state index contributed by atoms with van der Waals surface area (Å²) in [5.74, 6) is -0.0506. The number of hydrogen-bond donors (Lipinski definition) is 2. The van der Waals surface area contributed by atoms with E-state index in [0.717, 1.165) is 0 Å². The van der Waals surface area contributed by atoms with Crippen molar-refractivity contribution in [1.82, 2.24) is 5.43 Å². The average Bonchev–Trinajstić information content (AvgIpc) is 2.65. The highest BCUT2D eigenvalue weighted by Crippen LogP contribution is 2.06. The van der Waals surface area contributed by atoms with Crippen molar-refractivity contribution in [2.75, 3.05) is 7.11 Å². The number of hydrogen-bond acceptors (Lipinski definition) is 5. The molecule has 0 unspecified atom stereocenters. The first-order valence-corrected chi connectivity index (χ1v) is 4.31. The van der Waals surface area contributed by atoms with Crippen LogP contribution < -0.4 is 11.2 Å². The van der Waals surface area contributed by atoms with Gasteiger partial charge in [0.1, 0.15) is 5.76 Å². The molecule has 0 saturated carbocycles. The van der Waals surface area contributed by atoms with Crippen molar-refractivity contribution in [1.29, 1.82) is 0 Å². The lowest BCUT2D eigenvalue weighted by molar-refractivity contribution is 0.0565. The number of nitrogens with zero attached hydrogens (tertiary/aromatic N) is 1. The third-order valence-electron chi connectivity index (χ3n) is 1.38. The van der Waals surface area contributed by atoms with Crippen LogP contribution in [-0.4, -0.2) is 24.4 Å². The largest absolute Gasteiger partial charge is 0.463 e. The maximum atomic E-state index is 11.0. The van der Waals surface area contributed by atoms with E-state index in [-0.39, 0.29) is 10.9 Å². The van der Waals surface area contributed by atoms with E-state index < -0.39 is 5.97 Å². The number of esters is 1. The summed E-state index contributed by atoms with van der Waals surface area (Å²) in [6.45, 7) is 0. The molecule has 0 aromatic carbocycles. The van der Waals surface area contributed by atoms with Gasteiger partial charge in [0.05, 0.1) is 13.3 Å². The van der Waals surface area contributed by atoms with Crippen LogP contribution in [0.2, 0.25) is 0 Å². The van der Waals surface area contributed by atoms with Crippen molar-refractivity contribution < 1.29 is 13.9 Å². The van der Waals surface area contributed by atoms with Crippen molar-refractivity contribution in [2.45, 2.75) is 0 Å². The quantitative estimate of drug-likeness (QED) is 0.332. The smallest absolute Gasteiger partial charge is 0.373 e. The molecule has 15 heavy (non-hydrogen) atoms. The molecule has 1 aromatic heterocycles. The number of carbonyl (C=O) groups excluding carboxylic acids is 1. The number of ether oxygens (including phenoxy) is 1. The number of methoxy groups -OCH3 is 1. The second-order valence-electron chi connectivity index (χ2n) is 2.43. The molecule has 3 N–H and O–H groups in total. The molecule has 1 rings (SSSR count). The second kappa shape index (κ2) is 5.11. The van der Waals surface area contributed by atoms with Crippen LogP contribution in [0.3, 0.4) is 0 Å². The molecule has 0 spiro atoms. The summed E-state index contributed by atoms with van der Waals surface area (Å²) in [4.78, 5) is 11.0. The zero-order valence-electron chi connectivity index (χ0n) is 7.89. The highest BCUT2D eigenvalue weighted by Gasteiger charge is 2.09. The van der Waals surface area contributed by atoms with E-state index >= 15 is 0 Å². The molecule has 7 heteroatoms. The first-order valence-electron chi connectivity index (χ1n) is 3.90. The highest BCUT2D eigenvalue weighted by molar-refractivity contribution is 7.80. The van der Waals surface area contributed by atoms with Crippen LogP contribution in [0.4, 0.5) is 0 Å². The monoisotopic (exact) mass is 227 g/mol. The summed E-state index contributed by atoms with van der Waals surface area (Å²) in [5, 5.41) is 3.70. The summed E-state index contributed by atoms with van der Waals surface area (Å²) in [7, 11) is 1.27. The Morgan fingerprint density at radius 1 is 1.73 bits per heavy atom. The number of hydrazone groups is 1. The fourth-order valence-electron chi connectivity index (χ4n) is 0.792. The third kappa shape index (κ3) is 3.39. The molecule has 0 aliphatic heterocycles. The van der Waals surface area contributed by atoms with Crippen molar-refractivity contribution in [2.24, 2.45) is 10.8 Å². The van der Waals surface area contributed by atoms with Crippen molar-refractivity contribution in [3.05, 3.63) is 23.7 Å². The highest BCUT2D eigenvalue weighted by atomic mass is 32.1. The molecular formula is C8H9N3O3S. The zero-order chi connectivity index (χ0) is 11.3. The molecule has 0 aliphatic carbocycles. The molecule has 0 bridgehead atoms. The molecule has 80 valence electrons. The van der Waals surface area contributed by atoms with Crippen LogP contribution in [-0.2, 0) is 4.74 Å². The summed E-state index contributed by atoms with van der Waals surface area (Å²) >= 11 is 4.52. The van der Waals surface area contributed by atoms with Gasteiger partial charge < -0.3 is 14.9 Å². The molecule has 0 saturated heterocycles. The van der Waals surface area contributed by atoms with Gasteiger partial charge in [-0.3, -0.25) is 5.43 Å². The molecule has 1 heterocycles. The van der Waals surface area contributed by atoms with Gasteiger partial charge in [0.15, 0.2) is 5.11 Å². The van der Waals surface area contributed by atoms with E-state index in [4.69, 9.17) is 10.2 Å². The SMILES string of the molecule is COC(=O)c1ccc(C=NNC(N)=S)o1. The van der Waals surface area contributed by atoms with E-state index in [1.807, 2.05) is 0 Å². The van der Waals surface area contributed by atoms with Crippen LogP contribution in [0.1, 0.15) is 16.3 Å². The number of furan rings is 1. The lowest BCUT2D eigenvalue weighted by Gasteiger charge is -1.93. The molecule has 0 atom stereocenters. The lowest BCUT2D eigenvalue weighted by Crippen LogP contribution is -2.23. The van der Waals surface area contributed by atoms with Gasteiger partial charge in [0, 0.05) is 0 Å². The Morgan fingerprint density at radius 2 is 2.47 bits per heavy atom. The molecule has 0 aliphatic rings. The van der Waals surface area contributed by atoms with Gasteiger partial charge in [-0.05, 0) is 24.4 Å². The molecule has 0 radical (unpaired) electrons. The van der Waals surface area contributed by atoms with Crippen LogP contribution in [0.15, 0.2) is 21.7 Å². The summed E-state index contributed by atoms with van der Waals surface area (Å²) in [6, 6.07) is 3.05. The molecular weight excluding hydrogens is 218 g/mol. The summed E-state index contributed by atoms with van der Waals surface area (Å²) in [5.41, 5.74) is 7.48. The fraction of sp³-hybridized carbons (Fsp3) is 0.125. The molecule has 1 aromatic rings. The molecule has 0 fully saturated rings. The normalized spacial score (nSPS) is 10.2. The lowest BCUT2D eigenvalue weighted by atomic mass is 10.4. The van der Waals surface area contributed by atoms with Gasteiger partial charge in [-0.15, -0.1) is 0 Å². The minimum atomic E-state index is -0.544. The summed E-state index contributed by atoms with van der Waals surface area (Å²) < 4.78 is 9.53. The van der Waals surface area contributed by atoms with E-state index in [2.05, 4.69) is 27.5 Å².